The maximum Gasteiger partial charge on any atom is 0.260 e. The van der Waals surface area contributed by atoms with Crippen molar-refractivity contribution >= 4 is 29.2 Å². The molecule has 0 radical (unpaired) electrons. The number of carbonyl (C=O) groups is 2. The average Bonchev–Trinajstić information content (AvgIpc) is 2.77. The monoisotopic (exact) mass is 402 g/mol. The number of carbonyl (C=O) groups excluding carboxylic acids is 2. The molecule has 3 aliphatic rings. The lowest BCUT2D eigenvalue weighted by Crippen LogP contribution is -2.54. The number of aliphatic imine (C=N–C) groups is 2. The molecule has 0 bridgehead atoms. The number of pyridine rings is 1. The van der Waals surface area contributed by atoms with E-state index in [-0.39, 0.29) is 30.2 Å². The molecule has 30 heavy (non-hydrogen) atoms. The third kappa shape index (κ3) is 4.06. The van der Waals surface area contributed by atoms with Gasteiger partial charge < -0.3 is 9.80 Å². The van der Waals surface area contributed by atoms with E-state index in [1.807, 2.05) is 29.2 Å². The number of rotatable bonds is 4. The van der Waals surface area contributed by atoms with Gasteiger partial charge in [0, 0.05) is 44.7 Å². The molecule has 3 heterocycles. The molecule has 152 valence electrons. The van der Waals surface area contributed by atoms with E-state index >= 15 is 0 Å². The van der Waals surface area contributed by atoms with Gasteiger partial charge >= 0.3 is 0 Å². The molecule has 2 aliphatic heterocycles. The summed E-state index contributed by atoms with van der Waals surface area (Å²) in [5.74, 6) is 0.655. The zero-order chi connectivity index (χ0) is 21.1. The molecule has 1 saturated heterocycles. The molecule has 8 nitrogen and oxygen atoms in total. The first-order valence-electron chi connectivity index (χ1n) is 10.0. The summed E-state index contributed by atoms with van der Waals surface area (Å²) in [4.78, 5) is 41.7. The predicted molar refractivity (Wildman–Crippen MR) is 113 cm³/mol. The van der Waals surface area contributed by atoms with Gasteiger partial charge in [0.05, 0.1) is 11.3 Å². The van der Waals surface area contributed by atoms with Gasteiger partial charge in [-0.3, -0.25) is 9.59 Å². The van der Waals surface area contributed by atoms with E-state index in [0.29, 0.717) is 43.2 Å². The summed E-state index contributed by atoms with van der Waals surface area (Å²) in [5.41, 5.74) is 1.22. The second-order valence-electron chi connectivity index (χ2n) is 7.52. The van der Waals surface area contributed by atoms with Crippen LogP contribution >= 0.6 is 0 Å². The van der Waals surface area contributed by atoms with Crippen molar-refractivity contribution in [3.05, 3.63) is 48.2 Å². The van der Waals surface area contributed by atoms with Gasteiger partial charge in [0.25, 0.3) is 5.91 Å². The van der Waals surface area contributed by atoms with E-state index in [9.17, 15) is 9.59 Å². The molecule has 1 aromatic heterocycles. The van der Waals surface area contributed by atoms with Gasteiger partial charge in [-0.2, -0.15) is 10.3 Å². The number of nitriles is 1. The zero-order valence-corrected chi connectivity index (χ0v) is 16.7. The SMILES string of the molecule is C[C@@H]1CN(C(=O)CCC2=NC(=O)C3C=CC=CC3=N2)CCN1c1ccc(C#N)cn1. The first-order valence-corrected chi connectivity index (χ1v) is 10.0. The normalized spacial score (nSPS) is 22.9. The number of nitrogens with zero attached hydrogens (tertiary/aromatic N) is 6. The van der Waals surface area contributed by atoms with Gasteiger partial charge in [0.2, 0.25) is 5.91 Å². The Labute approximate surface area is 174 Å². The second kappa shape index (κ2) is 8.41. The number of fused-ring (bicyclic) bond motifs is 1. The Morgan fingerprint density at radius 1 is 1.27 bits per heavy atom. The Morgan fingerprint density at radius 2 is 2.13 bits per heavy atom. The molecular weight excluding hydrogens is 380 g/mol. The van der Waals surface area contributed by atoms with Crippen LogP contribution in [-0.4, -0.2) is 58.9 Å². The number of aromatic nitrogens is 1. The lowest BCUT2D eigenvalue weighted by atomic mass is 9.96. The summed E-state index contributed by atoms with van der Waals surface area (Å²) in [7, 11) is 0. The van der Waals surface area contributed by atoms with Crippen LogP contribution in [0.15, 0.2) is 52.6 Å². The Kier molecular flexibility index (Phi) is 5.53. The van der Waals surface area contributed by atoms with Gasteiger partial charge in [-0.25, -0.2) is 9.98 Å². The minimum absolute atomic E-state index is 0.0332. The van der Waals surface area contributed by atoms with Crippen molar-refractivity contribution in [2.45, 2.75) is 25.8 Å². The van der Waals surface area contributed by atoms with Crippen LogP contribution in [0.1, 0.15) is 25.3 Å². The minimum atomic E-state index is -0.390. The highest BCUT2D eigenvalue weighted by Gasteiger charge is 2.29. The van der Waals surface area contributed by atoms with E-state index in [0.717, 1.165) is 5.82 Å². The van der Waals surface area contributed by atoms with Crippen LogP contribution in [0, 0.1) is 17.2 Å². The Morgan fingerprint density at radius 3 is 2.87 bits per heavy atom. The van der Waals surface area contributed by atoms with E-state index in [2.05, 4.69) is 32.9 Å². The van der Waals surface area contributed by atoms with Crippen LogP contribution in [0.2, 0.25) is 0 Å². The molecule has 0 spiro atoms. The zero-order valence-electron chi connectivity index (χ0n) is 16.7. The van der Waals surface area contributed by atoms with Gasteiger partial charge in [0.1, 0.15) is 23.6 Å². The van der Waals surface area contributed by atoms with Crippen LogP contribution in [-0.2, 0) is 9.59 Å². The van der Waals surface area contributed by atoms with Crippen molar-refractivity contribution in [2.75, 3.05) is 24.5 Å². The predicted octanol–water partition coefficient (Wildman–Crippen LogP) is 1.89. The first kappa shape index (κ1) is 19.7. The van der Waals surface area contributed by atoms with Crippen molar-refractivity contribution in [1.82, 2.24) is 9.88 Å². The molecule has 8 heteroatoms. The molecular formula is C22H22N6O2. The number of piperazine rings is 1. The van der Waals surface area contributed by atoms with E-state index in [1.165, 1.54) is 0 Å². The highest BCUT2D eigenvalue weighted by atomic mass is 16.2. The Bertz CT molecular complexity index is 1020. The summed E-state index contributed by atoms with van der Waals surface area (Å²) in [5, 5.41) is 8.91. The Hall–Kier alpha value is -3.60. The highest BCUT2D eigenvalue weighted by molar-refractivity contribution is 6.21. The Balaban J connectivity index is 1.32. The van der Waals surface area contributed by atoms with Crippen LogP contribution in [0.25, 0.3) is 0 Å². The van der Waals surface area contributed by atoms with Crippen molar-refractivity contribution in [1.29, 1.82) is 5.26 Å². The maximum atomic E-state index is 12.7. The van der Waals surface area contributed by atoms with E-state index in [4.69, 9.17) is 5.26 Å². The van der Waals surface area contributed by atoms with E-state index in [1.54, 1.807) is 18.3 Å². The van der Waals surface area contributed by atoms with Crippen molar-refractivity contribution in [2.24, 2.45) is 15.9 Å². The smallest absolute Gasteiger partial charge is 0.260 e. The van der Waals surface area contributed by atoms with Crippen molar-refractivity contribution in [3.8, 4) is 6.07 Å². The number of hydrogen-bond donors (Lipinski definition) is 0. The molecule has 0 N–H and O–H groups in total. The third-order valence-electron chi connectivity index (χ3n) is 5.48. The molecule has 4 rings (SSSR count). The molecule has 0 saturated carbocycles. The largest absolute Gasteiger partial charge is 0.350 e. The number of hydrogen-bond acceptors (Lipinski definition) is 6. The van der Waals surface area contributed by atoms with Gasteiger partial charge in [-0.1, -0.05) is 18.2 Å². The minimum Gasteiger partial charge on any atom is -0.350 e. The van der Waals surface area contributed by atoms with Gasteiger partial charge in [0.15, 0.2) is 0 Å². The topological polar surface area (TPSA) is 102 Å². The quantitative estimate of drug-likeness (QED) is 0.765. The molecule has 1 fully saturated rings. The fourth-order valence-electron chi connectivity index (χ4n) is 3.85. The summed E-state index contributed by atoms with van der Waals surface area (Å²) in [6, 6.07) is 5.77. The summed E-state index contributed by atoms with van der Waals surface area (Å²) >= 11 is 0. The standard InChI is InChI=1S/C22H22N6O2/c1-15-14-27(10-11-28(15)20-8-6-16(12-23)13-24-20)21(29)9-7-19-25-18-5-3-2-4-17(18)22(30)26-19/h2-6,8,13,15,17H,7,9-11,14H2,1H3/t15-,17?/m1/s1. The van der Waals surface area contributed by atoms with Crippen molar-refractivity contribution < 1.29 is 9.59 Å². The number of anilines is 1. The molecule has 2 amide bonds. The number of amides is 2. The molecule has 1 aliphatic carbocycles. The molecule has 2 atom stereocenters. The third-order valence-corrected chi connectivity index (χ3v) is 5.48. The number of amidine groups is 1. The molecule has 1 unspecified atom stereocenters. The summed E-state index contributed by atoms with van der Waals surface area (Å²) in [6.45, 7) is 3.92. The summed E-state index contributed by atoms with van der Waals surface area (Å²) < 4.78 is 0. The molecule has 1 aromatic rings. The first-order chi connectivity index (χ1) is 14.5. The van der Waals surface area contributed by atoms with Crippen LogP contribution in [0.5, 0.6) is 0 Å². The number of allylic oxidation sites excluding steroid dienone is 3. The average molecular weight is 402 g/mol. The molecule has 0 aromatic carbocycles. The maximum absolute atomic E-state index is 12.7. The van der Waals surface area contributed by atoms with Crippen LogP contribution in [0.4, 0.5) is 5.82 Å². The fourth-order valence-corrected chi connectivity index (χ4v) is 3.85. The van der Waals surface area contributed by atoms with Crippen LogP contribution < -0.4 is 4.90 Å². The van der Waals surface area contributed by atoms with E-state index < -0.39 is 0 Å². The lowest BCUT2D eigenvalue weighted by molar-refractivity contribution is -0.131. The highest BCUT2D eigenvalue weighted by Crippen LogP contribution is 2.20. The summed E-state index contributed by atoms with van der Waals surface area (Å²) in [6.07, 6.45) is 9.46. The van der Waals surface area contributed by atoms with Gasteiger partial charge in [-0.05, 0) is 25.1 Å². The van der Waals surface area contributed by atoms with Gasteiger partial charge in [-0.15, -0.1) is 0 Å². The van der Waals surface area contributed by atoms with Crippen LogP contribution in [0.3, 0.4) is 0 Å². The second-order valence-corrected chi connectivity index (χ2v) is 7.52. The fraction of sp³-hybridized carbons (Fsp3) is 0.364. The lowest BCUT2D eigenvalue weighted by Gasteiger charge is -2.40. The van der Waals surface area contributed by atoms with Crippen molar-refractivity contribution in [3.63, 3.8) is 0 Å².